The number of anilines is 1. The topological polar surface area (TPSA) is 61.4 Å². The lowest BCUT2D eigenvalue weighted by Gasteiger charge is -2.15. The molecule has 0 spiro atoms. The Morgan fingerprint density at radius 3 is 2.50 bits per heavy atom. The third-order valence-electron chi connectivity index (χ3n) is 3.99. The molecule has 4 nitrogen and oxygen atoms in total. The van der Waals surface area contributed by atoms with Crippen LogP contribution in [0.4, 0.5) is 5.69 Å². The van der Waals surface area contributed by atoms with E-state index in [1.807, 2.05) is 45.0 Å². The third kappa shape index (κ3) is 5.70. The summed E-state index contributed by atoms with van der Waals surface area (Å²) in [7, 11) is 0. The summed E-state index contributed by atoms with van der Waals surface area (Å²) in [5.74, 6) is 0.301. The zero-order valence-electron chi connectivity index (χ0n) is 14.6. The number of carbonyl (C=O) groups is 1. The molecule has 0 aliphatic heterocycles. The van der Waals surface area contributed by atoms with Crippen LogP contribution in [0.1, 0.15) is 30.0 Å². The van der Waals surface area contributed by atoms with E-state index < -0.39 is 0 Å². The van der Waals surface area contributed by atoms with Gasteiger partial charge >= 0.3 is 0 Å². The van der Waals surface area contributed by atoms with Gasteiger partial charge in [-0.1, -0.05) is 29.8 Å². The monoisotopic (exact) mass is 326 g/mol. The summed E-state index contributed by atoms with van der Waals surface area (Å²) in [6.45, 7) is 6.85. The van der Waals surface area contributed by atoms with Gasteiger partial charge in [0.1, 0.15) is 5.75 Å². The van der Waals surface area contributed by atoms with Crippen LogP contribution in [-0.4, -0.2) is 23.6 Å². The summed E-state index contributed by atoms with van der Waals surface area (Å²) in [5, 5.41) is 15.6. The lowest BCUT2D eigenvalue weighted by atomic mass is 10.1. The number of hydrogen-bond donors (Lipinski definition) is 3. The van der Waals surface area contributed by atoms with Crippen molar-refractivity contribution < 1.29 is 9.90 Å². The molecule has 0 saturated carbocycles. The molecule has 2 aromatic carbocycles. The molecule has 1 atom stereocenters. The van der Waals surface area contributed by atoms with E-state index in [9.17, 15) is 9.90 Å². The molecule has 0 fully saturated rings. The number of benzene rings is 2. The van der Waals surface area contributed by atoms with Crippen molar-refractivity contribution in [2.45, 2.75) is 39.7 Å². The highest BCUT2D eigenvalue weighted by Crippen LogP contribution is 2.16. The summed E-state index contributed by atoms with van der Waals surface area (Å²) < 4.78 is 0. The summed E-state index contributed by atoms with van der Waals surface area (Å²) >= 11 is 0. The molecule has 2 aromatic rings. The van der Waals surface area contributed by atoms with Crippen LogP contribution in [0.15, 0.2) is 42.5 Å². The van der Waals surface area contributed by atoms with E-state index in [0.717, 1.165) is 29.8 Å². The molecule has 1 amide bonds. The van der Waals surface area contributed by atoms with Gasteiger partial charge in [0.2, 0.25) is 5.91 Å². The summed E-state index contributed by atoms with van der Waals surface area (Å²) in [6, 6.07) is 13.3. The fraction of sp³-hybridized carbons (Fsp3) is 0.350. The van der Waals surface area contributed by atoms with Gasteiger partial charge in [-0.05, 0) is 63.1 Å². The Labute approximate surface area is 143 Å². The van der Waals surface area contributed by atoms with Crippen molar-refractivity contribution in [2.75, 3.05) is 11.9 Å². The van der Waals surface area contributed by atoms with Gasteiger partial charge < -0.3 is 15.7 Å². The van der Waals surface area contributed by atoms with Crippen LogP contribution >= 0.6 is 0 Å². The Morgan fingerprint density at radius 2 is 1.83 bits per heavy atom. The molecule has 24 heavy (non-hydrogen) atoms. The molecule has 0 radical (unpaired) electrons. The largest absolute Gasteiger partial charge is 0.508 e. The Hall–Kier alpha value is -2.33. The lowest BCUT2D eigenvalue weighted by molar-refractivity contribution is -0.116. The number of rotatable bonds is 7. The molecule has 0 bridgehead atoms. The van der Waals surface area contributed by atoms with Gasteiger partial charge in [-0.3, -0.25) is 4.79 Å². The molecule has 3 N–H and O–H groups in total. The molecule has 0 heterocycles. The quantitative estimate of drug-likeness (QED) is 0.729. The van der Waals surface area contributed by atoms with Crippen LogP contribution in [-0.2, 0) is 11.2 Å². The van der Waals surface area contributed by atoms with E-state index in [2.05, 4.69) is 16.7 Å². The van der Waals surface area contributed by atoms with Crippen molar-refractivity contribution in [2.24, 2.45) is 0 Å². The van der Waals surface area contributed by atoms with Crippen molar-refractivity contribution in [3.63, 3.8) is 0 Å². The zero-order chi connectivity index (χ0) is 17.5. The zero-order valence-corrected chi connectivity index (χ0v) is 14.6. The Kier molecular flexibility index (Phi) is 6.38. The van der Waals surface area contributed by atoms with Gasteiger partial charge in [-0.15, -0.1) is 0 Å². The Balaban J connectivity index is 1.74. The molecule has 0 aliphatic rings. The van der Waals surface area contributed by atoms with Crippen LogP contribution in [0.2, 0.25) is 0 Å². The van der Waals surface area contributed by atoms with Gasteiger partial charge in [0.05, 0.1) is 0 Å². The first kappa shape index (κ1) is 18.0. The summed E-state index contributed by atoms with van der Waals surface area (Å²) in [6.07, 6.45) is 1.30. The predicted octanol–water partition coefficient (Wildman–Crippen LogP) is 3.56. The van der Waals surface area contributed by atoms with Gasteiger partial charge in [-0.2, -0.15) is 0 Å². The van der Waals surface area contributed by atoms with Crippen LogP contribution in [0.25, 0.3) is 0 Å². The first-order valence-electron chi connectivity index (χ1n) is 8.32. The maximum atomic E-state index is 12.2. The van der Waals surface area contributed by atoms with Gasteiger partial charge in [0.25, 0.3) is 0 Å². The molecular formula is C20H26N2O2. The second-order valence-corrected chi connectivity index (χ2v) is 6.34. The second-order valence-electron chi connectivity index (χ2n) is 6.34. The normalized spacial score (nSPS) is 12.0. The van der Waals surface area contributed by atoms with E-state index in [-0.39, 0.29) is 17.7 Å². The molecular weight excluding hydrogens is 300 g/mol. The van der Waals surface area contributed by atoms with E-state index in [1.54, 1.807) is 12.1 Å². The number of aromatic hydroxyl groups is 1. The second kappa shape index (κ2) is 8.50. The number of phenols is 1. The molecule has 128 valence electrons. The minimum absolute atomic E-state index is 0.0200. The molecule has 4 heteroatoms. The molecule has 1 unspecified atom stereocenters. The number of aryl methyl sites for hydroxylation is 2. The van der Waals surface area contributed by atoms with Gasteiger partial charge in [0, 0.05) is 18.2 Å². The Bertz CT molecular complexity index is 681. The third-order valence-corrected chi connectivity index (χ3v) is 3.99. The van der Waals surface area contributed by atoms with Gasteiger partial charge in [-0.25, -0.2) is 0 Å². The summed E-state index contributed by atoms with van der Waals surface area (Å²) in [4.78, 5) is 12.2. The number of carbonyl (C=O) groups excluding carboxylic acids is 1. The number of nitrogens with one attached hydrogen (secondary N) is 2. The molecule has 0 aromatic heterocycles. The maximum Gasteiger partial charge on any atom is 0.225 e. The molecule has 0 aliphatic carbocycles. The number of phenolic OH excluding ortho intramolecular Hbond substituents is 1. The van der Waals surface area contributed by atoms with Crippen LogP contribution < -0.4 is 10.6 Å². The fourth-order valence-electron chi connectivity index (χ4n) is 2.63. The Morgan fingerprint density at radius 1 is 1.12 bits per heavy atom. The van der Waals surface area contributed by atoms with E-state index in [4.69, 9.17) is 0 Å². The van der Waals surface area contributed by atoms with Crippen molar-refractivity contribution >= 4 is 11.6 Å². The fourth-order valence-corrected chi connectivity index (χ4v) is 2.63. The van der Waals surface area contributed by atoms with Crippen LogP contribution in [0.3, 0.4) is 0 Å². The minimum atomic E-state index is 0.0200. The van der Waals surface area contributed by atoms with Gasteiger partial charge in [0.15, 0.2) is 0 Å². The highest BCUT2D eigenvalue weighted by Gasteiger charge is 2.10. The summed E-state index contributed by atoms with van der Waals surface area (Å²) in [5.41, 5.74) is 4.31. The highest BCUT2D eigenvalue weighted by atomic mass is 16.3. The standard InChI is InChI=1S/C20H26N2O2/c1-14-4-9-19(15(2)12-14)22-20(24)13-16(3)21-11-10-17-5-7-18(23)8-6-17/h4-9,12,16,21,23H,10-11,13H2,1-3H3,(H,22,24). The van der Waals surface area contributed by atoms with Crippen molar-refractivity contribution in [1.82, 2.24) is 5.32 Å². The average Bonchev–Trinajstić information content (AvgIpc) is 2.52. The minimum Gasteiger partial charge on any atom is -0.508 e. The van der Waals surface area contributed by atoms with Crippen molar-refractivity contribution in [3.8, 4) is 5.75 Å². The average molecular weight is 326 g/mol. The van der Waals surface area contributed by atoms with E-state index in [1.165, 1.54) is 5.56 Å². The first-order chi connectivity index (χ1) is 11.4. The molecule has 0 saturated heterocycles. The highest BCUT2D eigenvalue weighted by molar-refractivity contribution is 5.91. The predicted molar refractivity (Wildman–Crippen MR) is 98.4 cm³/mol. The first-order valence-corrected chi connectivity index (χ1v) is 8.32. The maximum absolute atomic E-state index is 12.2. The smallest absolute Gasteiger partial charge is 0.225 e. The SMILES string of the molecule is Cc1ccc(NC(=O)CC(C)NCCc2ccc(O)cc2)c(C)c1. The number of hydrogen-bond acceptors (Lipinski definition) is 3. The van der Waals surface area contributed by atoms with E-state index >= 15 is 0 Å². The lowest BCUT2D eigenvalue weighted by Crippen LogP contribution is -2.32. The molecule has 2 rings (SSSR count). The van der Waals surface area contributed by atoms with Crippen molar-refractivity contribution in [3.05, 3.63) is 59.2 Å². The van der Waals surface area contributed by atoms with Crippen LogP contribution in [0.5, 0.6) is 5.75 Å². The van der Waals surface area contributed by atoms with E-state index in [0.29, 0.717) is 6.42 Å². The van der Waals surface area contributed by atoms with Crippen LogP contribution in [0, 0.1) is 13.8 Å². The van der Waals surface area contributed by atoms with Crippen molar-refractivity contribution in [1.29, 1.82) is 0 Å². The number of amides is 1.